The van der Waals surface area contributed by atoms with Crippen LogP contribution in [0.2, 0.25) is 10.0 Å². The Bertz CT molecular complexity index is 810. The van der Waals surface area contributed by atoms with Gasteiger partial charge in [0.2, 0.25) is 0 Å². The number of carbonyl (C=O) groups is 1. The molecule has 0 aromatic heterocycles. The summed E-state index contributed by atoms with van der Waals surface area (Å²) in [7, 11) is 1.50. The molecule has 1 amide bonds. The van der Waals surface area contributed by atoms with Gasteiger partial charge in [0, 0.05) is 21.3 Å². The van der Waals surface area contributed by atoms with Crippen molar-refractivity contribution in [1.29, 1.82) is 5.26 Å². The molecule has 0 radical (unpaired) electrons. The maximum atomic E-state index is 12.2. The van der Waals surface area contributed by atoms with Gasteiger partial charge >= 0.3 is 0 Å². The van der Waals surface area contributed by atoms with E-state index in [4.69, 9.17) is 27.9 Å². The number of methoxy groups -OCH3 is 1. The van der Waals surface area contributed by atoms with Gasteiger partial charge in [-0.3, -0.25) is 4.79 Å². The number of carbonyl (C=O) groups excluding carboxylic acids is 1. The summed E-state index contributed by atoms with van der Waals surface area (Å²) in [6.07, 6.45) is 1.42. The highest BCUT2D eigenvalue weighted by molar-refractivity contribution is 6.31. The van der Waals surface area contributed by atoms with E-state index in [0.29, 0.717) is 27.0 Å². The zero-order valence-corrected chi connectivity index (χ0v) is 13.7. The molecule has 0 atom stereocenters. The van der Waals surface area contributed by atoms with Crippen LogP contribution in [0.4, 0.5) is 5.69 Å². The Morgan fingerprint density at radius 3 is 2.61 bits per heavy atom. The lowest BCUT2D eigenvalue weighted by molar-refractivity contribution is -0.112. The molecule has 0 aliphatic carbocycles. The van der Waals surface area contributed by atoms with Gasteiger partial charge in [-0.15, -0.1) is 0 Å². The second-order valence-electron chi connectivity index (χ2n) is 4.52. The van der Waals surface area contributed by atoms with Crippen LogP contribution >= 0.6 is 23.2 Å². The summed E-state index contributed by atoms with van der Waals surface area (Å²) < 4.78 is 5.20. The second-order valence-corrected chi connectivity index (χ2v) is 5.39. The van der Waals surface area contributed by atoms with Crippen molar-refractivity contribution in [2.75, 3.05) is 12.4 Å². The molecule has 23 heavy (non-hydrogen) atoms. The number of nitrogens with zero attached hydrogens (tertiary/aromatic N) is 1. The smallest absolute Gasteiger partial charge is 0.266 e. The molecule has 0 spiro atoms. The molecular formula is C17H12Cl2N2O2. The first kappa shape index (κ1) is 16.9. The van der Waals surface area contributed by atoms with Crippen LogP contribution in [0.5, 0.6) is 5.75 Å². The third-order valence-electron chi connectivity index (χ3n) is 2.94. The van der Waals surface area contributed by atoms with E-state index in [2.05, 4.69) is 5.32 Å². The average molecular weight is 347 g/mol. The normalized spacial score (nSPS) is 10.8. The lowest BCUT2D eigenvalue weighted by Crippen LogP contribution is -2.13. The maximum Gasteiger partial charge on any atom is 0.266 e. The highest BCUT2D eigenvalue weighted by atomic mass is 35.5. The quantitative estimate of drug-likeness (QED) is 0.652. The average Bonchev–Trinajstić information content (AvgIpc) is 2.52. The molecule has 0 saturated heterocycles. The first-order chi connectivity index (χ1) is 11.0. The molecule has 0 aliphatic heterocycles. The SMILES string of the molecule is COc1ccc(Cl)cc1/C=C(/C#N)C(=O)Nc1cccc(Cl)c1. The Hall–Kier alpha value is -2.48. The van der Waals surface area contributed by atoms with Gasteiger partial charge < -0.3 is 10.1 Å². The Morgan fingerprint density at radius 1 is 1.22 bits per heavy atom. The topological polar surface area (TPSA) is 62.1 Å². The van der Waals surface area contributed by atoms with Crippen LogP contribution in [0.15, 0.2) is 48.0 Å². The van der Waals surface area contributed by atoms with Crippen molar-refractivity contribution in [3.8, 4) is 11.8 Å². The molecule has 0 heterocycles. The number of hydrogen-bond donors (Lipinski definition) is 1. The molecule has 116 valence electrons. The molecule has 2 rings (SSSR count). The number of nitrogens with one attached hydrogen (secondary N) is 1. The van der Waals surface area contributed by atoms with Crippen LogP contribution in [0.3, 0.4) is 0 Å². The molecular weight excluding hydrogens is 335 g/mol. The van der Waals surface area contributed by atoms with Gasteiger partial charge in [-0.2, -0.15) is 5.26 Å². The highest BCUT2D eigenvalue weighted by Gasteiger charge is 2.11. The van der Waals surface area contributed by atoms with Crippen LogP contribution < -0.4 is 10.1 Å². The summed E-state index contributed by atoms with van der Waals surface area (Å²) >= 11 is 11.8. The number of hydrogen-bond acceptors (Lipinski definition) is 3. The summed E-state index contributed by atoms with van der Waals surface area (Å²) in [5, 5.41) is 12.8. The van der Waals surface area contributed by atoms with E-state index in [0.717, 1.165) is 0 Å². The largest absolute Gasteiger partial charge is 0.496 e. The molecule has 0 aliphatic rings. The Morgan fingerprint density at radius 2 is 1.96 bits per heavy atom. The molecule has 4 nitrogen and oxygen atoms in total. The number of amides is 1. The summed E-state index contributed by atoms with van der Waals surface area (Å²) in [5.41, 5.74) is 0.963. The molecule has 0 unspecified atom stereocenters. The summed E-state index contributed by atoms with van der Waals surface area (Å²) in [4.78, 5) is 12.2. The third kappa shape index (κ3) is 4.49. The summed E-state index contributed by atoms with van der Waals surface area (Å²) in [5.74, 6) is -0.0329. The zero-order chi connectivity index (χ0) is 16.8. The van der Waals surface area contributed by atoms with E-state index in [1.54, 1.807) is 42.5 Å². The maximum absolute atomic E-state index is 12.2. The van der Waals surface area contributed by atoms with E-state index in [1.807, 2.05) is 6.07 Å². The molecule has 1 N–H and O–H groups in total. The molecule has 0 bridgehead atoms. The minimum Gasteiger partial charge on any atom is -0.496 e. The van der Waals surface area contributed by atoms with Gasteiger partial charge in [-0.05, 0) is 42.5 Å². The van der Waals surface area contributed by atoms with Gasteiger partial charge in [0.05, 0.1) is 7.11 Å². The van der Waals surface area contributed by atoms with Crippen LogP contribution in [-0.2, 0) is 4.79 Å². The Kier molecular flexibility index (Phi) is 5.64. The van der Waals surface area contributed by atoms with Crippen molar-refractivity contribution >= 4 is 40.9 Å². The first-order valence-corrected chi connectivity index (χ1v) is 7.31. The van der Waals surface area contributed by atoms with Crippen LogP contribution in [-0.4, -0.2) is 13.0 Å². The fourth-order valence-corrected chi connectivity index (χ4v) is 2.26. The number of halogens is 2. The van der Waals surface area contributed by atoms with Crippen LogP contribution in [0, 0.1) is 11.3 Å². The third-order valence-corrected chi connectivity index (χ3v) is 3.41. The highest BCUT2D eigenvalue weighted by Crippen LogP contribution is 2.25. The molecule has 0 fully saturated rings. The summed E-state index contributed by atoms with van der Waals surface area (Å²) in [6, 6.07) is 13.5. The molecule has 6 heteroatoms. The number of anilines is 1. The lowest BCUT2D eigenvalue weighted by Gasteiger charge is -2.07. The van der Waals surface area contributed by atoms with Crippen molar-refractivity contribution in [3.63, 3.8) is 0 Å². The van der Waals surface area contributed by atoms with Crippen molar-refractivity contribution < 1.29 is 9.53 Å². The van der Waals surface area contributed by atoms with E-state index in [-0.39, 0.29) is 5.57 Å². The van der Waals surface area contributed by atoms with Gasteiger partial charge in [0.1, 0.15) is 17.4 Å². The van der Waals surface area contributed by atoms with E-state index in [9.17, 15) is 10.1 Å². The van der Waals surface area contributed by atoms with E-state index in [1.165, 1.54) is 13.2 Å². The zero-order valence-electron chi connectivity index (χ0n) is 12.1. The molecule has 2 aromatic rings. The monoisotopic (exact) mass is 346 g/mol. The Balaban J connectivity index is 2.30. The minimum absolute atomic E-state index is 0.0782. The Labute approximate surface area is 143 Å². The number of nitriles is 1. The van der Waals surface area contributed by atoms with Gasteiger partial charge in [0.15, 0.2) is 0 Å². The van der Waals surface area contributed by atoms with Crippen molar-refractivity contribution in [2.45, 2.75) is 0 Å². The lowest BCUT2D eigenvalue weighted by atomic mass is 10.1. The number of ether oxygens (including phenoxy) is 1. The van der Waals surface area contributed by atoms with Crippen molar-refractivity contribution in [2.24, 2.45) is 0 Å². The summed E-state index contributed by atoms with van der Waals surface area (Å²) in [6.45, 7) is 0. The van der Waals surface area contributed by atoms with Crippen molar-refractivity contribution in [3.05, 3.63) is 63.6 Å². The van der Waals surface area contributed by atoms with Crippen LogP contribution in [0.25, 0.3) is 6.08 Å². The van der Waals surface area contributed by atoms with Gasteiger partial charge in [-0.25, -0.2) is 0 Å². The first-order valence-electron chi connectivity index (χ1n) is 6.55. The van der Waals surface area contributed by atoms with Crippen LogP contribution in [0.1, 0.15) is 5.56 Å². The van der Waals surface area contributed by atoms with E-state index >= 15 is 0 Å². The van der Waals surface area contributed by atoms with E-state index < -0.39 is 5.91 Å². The van der Waals surface area contributed by atoms with Gasteiger partial charge in [0.25, 0.3) is 5.91 Å². The molecule has 0 saturated carbocycles. The predicted molar refractivity (Wildman–Crippen MR) is 91.7 cm³/mol. The van der Waals surface area contributed by atoms with Crippen molar-refractivity contribution in [1.82, 2.24) is 0 Å². The van der Waals surface area contributed by atoms with Gasteiger partial charge in [-0.1, -0.05) is 29.3 Å². The minimum atomic E-state index is -0.545. The standard InChI is InChI=1S/C17H12Cl2N2O2/c1-23-16-6-5-14(19)8-11(16)7-12(10-20)17(22)21-15-4-2-3-13(18)9-15/h2-9H,1H3,(H,21,22)/b12-7-. The number of benzene rings is 2. The fourth-order valence-electron chi connectivity index (χ4n) is 1.89. The second kappa shape index (κ2) is 7.68. The fraction of sp³-hybridized carbons (Fsp3) is 0.0588. The number of rotatable bonds is 4. The predicted octanol–water partition coefficient (Wildman–Crippen LogP) is 4.55. The molecule has 2 aromatic carbocycles.